The number of anilines is 1. The predicted octanol–water partition coefficient (Wildman–Crippen LogP) is 4.48. The van der Waals surface area contributed by atoms with Crippen molar-refractivity contribution in [3.05, 3.63) is 95.8 Å². The highest BCUT2D eigenvalue weighted by Gasteiger charge is 2.54. The molecule has 0 spiro atoms. The van der Waals surface area contributed by atoms with E-state index >= 15 is 4.39 Å². The van der Waals surface area contributed by atoms with Gasteiger partial charge in [0.05, 0.1) is 28.3 Å². The number of hydrogen-bond acceptors (Lipinski definition) is 6. The van der Waals surface area contributed by atoms with Gasteiger partial charge >= 0.3 is 12.0 Å². The lowest BCUT2D eigenvalue weighted by Crippen LogP contribution is -2.54. The summed E-state index contributed by atoms with van der Waals surface area (Å²) in [4.78, 5) is 55.2. The molecule has 3 aromatic rings. The van der Waals surface area contributed by atoms with Crippen LogP contribution in [0.4, 0.5) is 14.9 Å². The van der Waals surface area contributed by atoms with Crippen LogP contribution < -0.4 is 10.6 Å². The normalized spacial score (nSPS) is 20.8. The van der Waals surface area contributed by atoms with E-state index in [-0.39, 0.29) is 33.5 Å². The second-order valence-electron chi connectivity index (χ2n) is 12.6. The molecule has 3 aromatic carbocycles. The Morgan fingerprint density at radius 2 is 1.68 bits per heavy atom. The van der Waals surface area contributed by atoms with E-state index < -0.39 is 63.3 Å². The Morgan fingerprint density at radius 1 is 0.979 bits per heavy atom. The van der Waals surface area contributed by atoms with E-state index in [0.717, 1.165) is 17.7 Å². The van der Waals surface area contributed by atoms with Gasteiger partial charge in [-0.05, 0) is 61.1 Å². The van der Waals surface area contributed by atoms with Gasteiger partial charge in [-0.3, -0.25) is 9.59 Å². The molecule has 13 heteroatoms. The summed E-state index contributed by atoms with van der Waals surface area (Å²) in [7, 11) is -4.20. The van der Waals surface area contributed by atoms with Crippen LogP contribution >= 0.6 is 0 Å². The summed E-state index contributed by atoms with van der Waals surface area (Å²) in [6.45, 7) is 4.24. The van der Waals surface area contributed by atoms with Crippen LogP contribution in [0, 0.1) is 11.2 Å². The predicted molar refractivity (Wildman–Crippen MR) is 172 cm³/mol. The average molecular weight is 665 g/mol. The number of carbonyl (C=O) groups is 4. The quantitative estimate of drug-likeness (QED) is 0.321. The smallest absolute Gasteiger partial charge is 0.335 e. The molecule has 4 amide bonds. The van der Waals surface area contributed by atoms with Crippen molar-refractivity contribution in [2.75, 3.05) is 25.0 Å². The monoisotopic (exact) mass is 664 g/mol. The van der Waals surface area contributed by atoms with Crippen LogP contribution in [-0.2, 0) is 19.4 Å². The second kappa shape index (κ2) is 13.5. The molecular weight excluding hydrogens is 627 g/mol. The Labute approximate surface area is 272 Å². The molecule has 2 aliphatic heterocycles. The number of rotatable bonds is 8. The molecule has 0 radical (unpaired) electrons. The van der Waals surface area contributed by atoms with Gasteiger partial charge in [0, 0.05) is 24.3 Å². The lowest BCUT2D eigenvalue weighted by molar-refractivity contribution is -0.146. The first-order valence-corrected chi connectivity index (χ1v) is 16.8. The van der Waals surface area contributed by atoms with Gasteiger partial charge < -0.3 is 25.5 Å². The number of carboxylic acid groups (broad SMARTS) is 1. The molecule has 0 aromatic heterocycles. The molecule has 2 saturated heterocycles. The van der Waals surface area contributed by atoms with Gasteiger partial charge in [-0.1, -0.05) is 56.3 Å². The van der Waals surface area contributed by atoms with E-state index in [4.69, 9.17) is 0 Å². The number of hydrogen-bond donors (Lipinski definition) is 3. The zero-order valence-electron chi connectivity index (χ0n) is 26.1. The molecule has 11 nitrogen and oxygen atoms in total. The molecule has 0 saturated carbocycles. The first-order valence-electron chi connectivity index (χ1n) is 15.3. The number of nitrogens with one attached hydrogen (secondary N) is 2. The van der Waals surface area contributed by atoms with Gasteiger partial charge in [0.15, 0.2) is 9.84 Å². The molecular formula is C34H37FN4O7S. The van der Waals surface area contributed by atoms with E-state index in [1.54, 1.807) is 23.1 Å². The Balaban J connectivity index is 1.50. The third-order valence-corrected chi connectivity index (χ3v) is 10.9. The van der Waals surface area contributed by atoms with Gasteiger partial charge in [-0.15, -0.1) is 0 Å². The molecule has 2 fully saturated rings. The molecule has 3 atom stereocenters. The lowest BCUT2D eigenvalue weighted by atomic mass is 9.84. The Morgan fingerprint density at radius 3 is 2.36 bits per heavy atom. The van der Waals surface area contributed by atoms with Gasteiger partial charge in [0.2, 0.25) is 11.8 Å². The molecule has 248 valence electrons. The van der Waals surface area contributed by atoms with Crippen molar-refractivity contribution in [2.45, 2.75) is 55.3 Å². The number of nitrogens with zero attached hydrogens (tertiary/aromatic N) is 2. The number of carbonyl (C=O) groups excluding carboxylic acids is 3. The van der Waals surface area contributed by atoms with E-state index in [1.165, 1.54) is 60.7 Å². The molecule has 2 heterocycles. The topological polar surface area (TPSA) is 153 Å². The number of halogens is 1. The highest BCUT2D eigenvalue weighted by Crippen LogP contribution is 2.44. The molecule has 0 aliphatic carbocycles. The zero-order chi connectivity index (χ0) is 33.9. The SMILES string of the molecule is CC1(C)CCCN(C(=O)C2CC(S(=O)(=O)c3ccccc3)C(c3ccccc3F)N2C(=O)CNC(=O)Nc2cccc(C(=O)O)c2)C1. The largest absolute Gasteiger partial charge is 0.478 e. The Hall–Kier alpha value is -4.78. The van der Waals surface area contributed by atoms with Crippen LogP contribution in [0.25, 0.3) is 0 Å². The van der Waals surface area contributed by atoms with Crippen molar-refractivity contribution in [1.82, 2.24) is 15.1 Å². The number of aromatic carboxylic acids is 1. The minimum absolute atomic E-state index is 0.0213. The first-order chi connectivity index (χ1) is 22.3. The summed E-state index contributed by atoms with van der Waals surface area (Å²) in [5.74, 6) is -3.15. The maximum absolute atomic E-state index is 15.5. The van der Waals surface area contributed by atoms with Crippen molar-refractivity contribution < 1.29 is 37.1 Å². The summed E-state index contributed by atoms with van der Waals surface area (Å²) in [5, 5.41) is 12.8. The summed E-state index contributed by atoms with van der Waals surface area (Å²) < 4.78 is 43.9. The zero-order valence-corrected chi connectivity index (χ0v) is 26.9. The number of urea groups is 1. The summed E-state index contributed by atoms with van der Waals surface area (Å²) in [6, 6.07) is 15.2. The van der Waals surface area contributed by atoms with Crippen molar-refractivity contribution >= 4 is 39.3 Å². The Kier molecular flexibility index (Phi) is 9.66. The summed E-state index contributed by atoms with van der Waals surface area (Å²) in [5.41, 5.74) is -0.152. The fraction of sp³-hybridized carbons (Fsp3) is 0.353. The van der Waals surface area contributed by atoms with Crippen molar-refractivity contribution in [3.8, 4) is 0 Å². The average Bonchev–Trinajstić information content (AvgIpc) is 3.45. The number of piperidine rings is 1. The minimum Gasteiger partial charge on any atom is -0.478 e. The lowest BCUT2D eigenvalue weighted by Gasteiger charge is -2.40. The van der Waals surface area contributed by atoms with Crippen LogP contribution in [0.1, 0.15) is 55.1 Å². The molecule has 5 rings (SSSR count). The van der Waals surface area contributed by atoms with Crippen LogP contribution in [-0.4, -0.2) is 78.1 Å². The molecule has 2 aliphatic rings. The van der Waals surface area contributed by atoms with Crippen molar-refractivity contribution in [2.24, 2.45) is 5.41 Å². The number of amides is 4. The van der Waals surface area contributed by atoms with Gasteiger partial charge in [-0.2, -0.15) is 0 Å². The van der Waals surface area contributed by atoms with Crippen LogP contribution in [0.3, 0.4) is 0 Å². The third kappa shape index (κ3) is 7.30. The molecule has 3 N–H and O–H groups in total. The summed E-state index contributed by atoms with van der Waals surface area (Å²) >= 11 is 0. The van der Waals surface area contributed by atoms with Crippen molar-refractivity contribution in [1.29, 1.82) is 0 Å². The highest BCUT2D eigenvalue weighted by molar-refractivity contribution is 7.92. The number of carboxylic acids is 1. The van der Waals surface area contributed by atoms with Crippen LogP contribution in [0.15, 0.2) is 83.8 Å². The molecule has 3 unspecified atom stereocenters. The third-order valence-electron chi connectivity index (χ3n) is 8.69. The highest BCUT2D eigenvalue weighted by atomic mass is 32.2. The van der Waals surface area contributed by atoms with Crippen molar-refractivity contribution in [3.63, 3.8) is 0 Å². The standard InChI is InChI=1S/C34H37FN4O7S/c1-34(2)16-9-17-38(21-34)31(41)27-19-28(47(45,46)24-12-4-3-5-13-24)30(25-14-6-7-15-26(25)35)39(27)29(40)20-36-33(44)37-23-11-8-10-22(18-23)32(42)43/h3-8,10-15,18,27-28,30H,9,16-17,19-21H2,1-2H3,(H,42,43)(H2,36,37,44). The van der Waals surface area contributed by atoms with E-state index in [9.17, 15) is 32.7 Å². The number of sulfone groups is 1. The fourth-order valence-corrected chi connectivity index (χ4v) is 8.44. The maximum Gasteiger partial charge on any atom is 0.335 e. The van der Waals surface area contributed by atoms with Crippen LogP contribution in [0.2, 0.25) is 0 Å². The van der Waals surface area contributed by atoms with Gasteiger partial charge in [-0.25, -0.2) is 22.4 Å². The fourth-order valence-electron chi connectivity index (χ4n) is 6.51. The van der Waals surface area contributed by atoms with E-state index in [0.29, 0.717) is 13.1 Å². The second-order valence-corrected chi connectivity index (χ2v) is 14.8. The van der Waals surface area contributed by atoms with E-state index in [1.807, 2.05) is 13.8 Å². The minimum atomic E-state index is -4.20. The van der Waals surface area contributed by atoms with E-state index in [2.05, 4.69) is 10.6 Å². The maximum atomic E-state index is 15.5. The number of benzene rings is 3. The molecule has 47 heavy (non-hydrogen) atoms. The first kappa shape index (κ1) is 33.6. The van der Waals surface area contributed by atoms with Gasteiger partial charge in [0.25, 0.3) is 0 Å². The molecule has 0 bridgehead atoms. The number of likely N-dealkylation sites (tertiary alicyclic amines) is 2. The van der Waals surface area contributed by atoms with Gasteiger partial charge in [0.1, 0.15) is 11.9 Å². The summed E-state index contributed by atoms with van der Waals surface area (Å²) in [6.07, 6.45) is 1.35. The van der Waals surface area contributed by atoms with Crippen LogP contribution in [0.5, 0.6) is 0 Å². The Bertz CT molecular complexity index is 1780.